The molecule has 1 aromatic carbocycles. The third kappa shape index (κ3) is 1.75. The minimum absolute atomic E-state index is 0.1000. The van der Waals surface area contributed by atoms with Gasteiger partial charge in [0.2, 0.25) is 0 Å². The molecular weight excluding hydrogens is 242 g/mol. The minimum atomic E-state index is -0.219. The van der Waals surface area contributed by atoms with Gasteiger partial charge in [-0.3, -0.25) is 9.59 Å². The molecule has 3 rings (SSSR count). The van der Waals surface area contributed by atoms with Crippen LogP contribution in [0.3, 0.4) is 0 Å². The van der Waals surface area contributed by atoms with Gasteiger partial charge in [-0.1, -0.05) is 6.07 Å². The van der Waals surface area contributed by atoms with Crippen molar-refractivity contribution < 1.29 is 14.7 Å². The summed E-state index contributed by atoms with van der Waals surface area (Å²) in [5.74, 6) is -0.339. The minimum Gasteiger partial charge on any atom is -0.508 e. The van der Waals surface area contributed by atoms with Crippen LogP contribution in [0.25, 0.3) is 0 Å². The predicted octanol–water partition coefficient (Wildman–Crippen LogP) is 2.44. The Morgan fingerprint density at radius 1 is 1.05 bits per heavy atom. The molecule has 1 aromatic rings. The summed E-state index contributed by atoms with van der Waals surface area (Å²) in [6, 6.07) is 4.88. The Morgan fingerprint density at radius 2 is 1.63 bits per heavy atom. The van der Waals surface area contributed by atoms with Crippen molar-refractivity contribution in [1.82, 2.24) is 0 Å². The summed E-state index contributed by atoms with van der Waals surface area (Å²) in [6.07, 6.45) is 3.30. The van der Waals surface area contributed by atoms with E-state index in [1.165, 1.54) is 11.0 Å². The Morgan fingerprint density at radius 3 is 2.16 bits per heavy atom. The molecule has 1 N–H and O–H groups in total. The molecule has 0 atom stereocenters. The summed E-state index contributed by atoms with van der Waals surface area (Å²) in [7, 11) is 0. The number of carbonyl (C=O) groups is 2. The first-order valence-corrected chi connectivity index (χ1v) is 6.50. The van der Waals surface area contributed by atoms with Gasteiger partial charge in [0.15, 0.2) is 0 Å². The number of benzene rings is 1. The smallest absolute Gasteiger partial charge is 0.261 e. The number of aryl methyl sites for hydroxylation is 1. The van der Waals surface area contributed by atoms with E-state index >= 15 is 0 Å². The van der Waals surface area contributed by atoms with E-state index in [1.54, 1.807) is 19.1 Å². The highest BCUT2D eigenvalue weighted by molar-refractivity contribution is 6.33. The van der Waals surface area contributed by atoms with E-state index in [0.717, 1.165) is 18.4 Å². The average molecular weight is 257 g/mol. The van der Waals surface area contributed by atoms with E-state index in [2.05, 4.69) is 0 Å². The number of aromatic hydroxyl groups is 1. The van der Waals surface area contributed by atoms with Gasteiger partial charge in [-0.15, -0.1) is 0 Å². The maximum Gasteiger partial charge on any atom is 0.261 e. The van der Waals surface area contributed by atoms with Crippen molar-refractivity contribution in [3.63, 3.8) is 0 Å². The number of anilines is 1. The average Bonchev–Trinajstić information content (AvgIpc) is 2.66. The highest BCUT2D eigenvalue weighted by Crippen LogP contribution is 2.36. The number of rotatable bonds is 1. The third-order valence-electron chi connectivity index (χ3n) is 3.84. The monoisotopic (exact) mass is 257 g/mol. The largest absolute Gasteiger partial charge is 0.508 e. The van der Waals surface area contributed by atoms with Gasteiger partial charge >= 0.3 is 0 Å². The van der Waals surface area contributed by atoms with Gasteiger partial charge in [0.25, 0.3) is 11.8 Å². The van der Waals surface area contributed by atoms with E-state index in [1.807, 2.05) is 0 Å². The van der Waals surface area contributed by atoms with Gasteiger partial charge in [-0.25, -0.2) is 4.90 Å². The van der Waals surface area contributed by atoms with Gasteiger partial charge in [0.05, 0.1) is 5.69 Å². The van der Waals surface area contributed by atoms with Crippen molar-refractivity contribution in [2.75, 3.05) is 4.90 Å². The van der Waals surface area contributed by atoms with Gasteiger partial charge in [0, 0.05) is 17.2 Å². The number of hydrogen-bond acceptors (Lipinski definition) is 3. The molecule has 2 amide bonds. The number of phenolic OH excluding ortho intramolecular Hbond substituents is 1. The zero-order valence-electron chi connectivity index (χ0n) is 10.8. The molecule has 4 heteroatoms. The van der Waals surface area contributed by atoms with Crippen molar-refractivity contribution in [2.24, 2.45) is 0 Å². The van der Waals surface area contributed by atoms with Gasteiger partial charge in [0.1, 0.15) is 5.75 Å². The highest BCUT2D eigenvalue weighted by Gasteiger charge is 2.39. The van der Waals surface area contributed by atoms with Crippen LogP contribution in [0.2, 0.25) is 0 Å². The molecule has 2 aliphatic rings. The Bertz CT molecular complexity index is 588. The fourth-order valence-corrected chi connectivity index (χ4v) is 2.71. The van der Waals surface area contributed by atoms with Crippen LogP contribution in [0, 0.1) is 6.92 Å². The molecule has 1 aliphatic carbocycles. The number of imide groups is 1. The third-order valence-corrected chi connectivity index (χ3v) is 3.84. The van der Waals surface area contributed by atoms with Crippen LogP contribution in [-0.2, 0) is 9.59 Å². The first-order chi connectivity index (χ1) is 9.09. The lowest BCUT2D eigenvalue weighted by molar-refractivity contribution is -0.120. The van der Waals surface area contributed by atoms with Crippen molar-refractivity contribution in [3.8, 4) is 5.75 Å². The van der Waals surface area contributed by atoms with Crippen molar-refractivity contribution in [2.45, 2.75) is 32.6 Å². The van der Waals surface area contributed by atoms with Crippen molar-refractivity contribution >= 4 is 17.5 Å². The maximum atomic E-state index is 12.3. The first kappa shape index (κ1) is 12.0. The fourth-order valence-electron chi connectivity index (χ4n) is 2.71. The lowest BCUT2D eigenvalue weighted by Crippen LogP contribution is -2.31. The Kier molecular flexibility index (Phi) is 2.66. The highest BCUT2D eigenvalue weighted by atomic mass is 16.3. The second-order valence-corrected chi connectivity index (χ2v) is 5.08. The first-order valence-electron chi connectivity index (χ1n) is 6.50. The van der Waals surface area contributed by atoms with E-state index in [-0.39, 0.29) is 17.6 Å². The molecule has 98 valence electrons. The molecule has 0 saturated heterocycles. The predicted molar refractivity (Wildman–Crippen MR) is 70.8 cm³/mol. The van der Waals surface area contributed by atoms with Gasteiger partial charge in [-0.05, 0) is 44.2 Å². The zero-order valence-corrected chi connectivity index (χ0v) is 10.8. The SMILES string of the molecule is Cc1ccc(N2C(=O)C3=C(CCCC3)C2=O)cc1O. The second kappa shape index (κ2) is 4.23. The van der Waals surface area contributed by atoms with E-state index < -0.39 is 0 Å². The van der Waals surface area contributed by atoms with E-state index in [4.69, 9.17) is 0 Å². The molecule has 0 unspecified atom stereocenters. The van der Waals surface area contributed by atoms with E-state index in [0.29, 0.717) is 29.7 Å². The van der Waals surface area contributed by atoms with Crippen LogP contribution < -0.4 is 4.90 Å². The lowest BCUT2D eigenvalue weighted by Gasteiger charge is -2.15. The fraction of sp³-hybridized carbons (Fsp3) is 0.333. The van der Waals surface area contributed by atoms with Gasteiger partial charge < -0.3 is 5.11 Å². The van der Waals surface area contributed by atoms with Crippen LogP contribution in [0.1, 0.15) is 31.2 Å². The van der Waals surface area contributed by atoms with Crippen molar-refractivity contribution in [1.29, 1.82) is 0 Å². The summed E-state index contributed by atoms with van der Waals surface area (Å²) in [5, 5.41) is 9.73. The molecular formula is C15H15NO3. The second-order valence-electron chi connectivity index (χ2n) is 5.08. The van der Waals surface area contributed by atoms with Crippen molar-refractivity contribution in [3.05, 3.63) is 34.9 Å². The van der Waals surface area contributed by atoms with Crippen LogP contribution in [0.15, 0.2) is 29.3 Å². The summed E-state index contributed by atoms with van der Waals surface area (Å²) in [4.78, 5) is 25.8. The number of nitrogens with zero attached hydrogens (tertiary/aromatic N) is 1. The molecule has 0 radical (unpaired) electrons. The maximum absolute atomic E-state index is 12.3. The van der Waals surface area contributed by atoms with Crippen LogP contribution in [-0.4, -0.2) is 16.9 Å². The topological polar surface area (TPSA) is 57.6 Å². The molecule has 4 nitrogen and oxygen atoms in total. The normalized spacial score (nSPS) is 19.1. The Balaban J connectivity index is 2.01. The molecule has 0 aromatic heterocycles. The van der Waals surface area contributed by atoms with Crippen LogP contribution >= 0.6 is 0 Å². The summed E-state index contributed by atoms with van der Waals surface area (Å²) in [5.41, 5.74) is 2.50. The summed E-state index contributed by atoms with van der Waals surface area (Å²) >= 11 is 0. The summed E-state index contributed by atoms with van der Waals surface area (Å²) < 4.78 is 0. The molecule has 1 aliphatic heterocycles. The standard InChI is InChI=1S/C15H15NO3/c1-9-6-7-10(8-13(9)17)16-14(18)11-4-2-3-5-12(11)15(16)19/h6-8,17H,2-5H2,1H3. The Hall–Kier alpha value is -2.10. The van der Waals surface area contributed by atoms with Crippen LogP contribution in [0.5, 0.6) is 5.75 Å². The Labute approximate surface area is 111 Å². The molecule has 0 spiro atoms. The zero-order chi connectivity index (χ0) is 13.6. The molecule has 0 bridgehead atoms. The number of hydrogen-bond donors (Lipinski definition) is 1. The number of carbonyl (C=O) groups excluding carboxylic acids is 2. The van der Waals surface area contributed by atoms with E-state index in [9.17, 15) is 14.7 Å². The molecule has 0 fully saturated rings. The molecule has 0 saturated carbocycles. The quantitative estimate of drug-likeness (QED) is 0.786. The molecule has 19 heavy (non-hydrogen) atoms. The van der Waals surface area contributed by atoms with Crippen LogP contribution in [0.4, 0.5) is 5.69 Å². The summed E-state index contributed by atoms with van der Waals surface area (Å²) in [6.45, 7) is 1.77. The molecule has 1 heterocycles. The number of amides is 2. The van der Waals surface area contributed by atoms with Gasteiger partial charge in [-0.2, -0.15) is 0 Å². The number of phenols is 1. The lowest BCUT2D eigenvalue weighted by atomic mass is 9.93.